The van der Waals surface area contributed by atoms with Gasteiger partial charge in [0.25, 0.3) is 5.72 Å². The molecule has 0 aromatic heterocycles. The van der Waals surface area contributed by atoms with Gasteiger partial charge in [-0.05, 0) is 0 Å². The first kappa shape index (κ1) is 13.1. The molecule has 2 saturated heterocycles. The summed E-state index contributed by atoms with van der Waals surface area (Å²) in [5.74, 6) is -6.14. The Balaban J connectivity index is 2.41. The molecule has 10 heteroatoms. The minimum atomic E-state index is -3.00. The molecule has 102 valence electrons. The first-order valence-electron chi connectivity index (χ1n) is 4.87. The molecule has 2 aliphatic heterocycles. The second-order valence-corrected chi connectivity index (χ2v) is 3.93. The molecule has 0 aromatic rings. The molecule has 2 rings (SSSR count). The summed E-state index contributed by atoms with van der Waals surface area (Å²) in [4.78, 5) is 22.0. The Hall–Kier alpha value is -1.30. The van der Waals surface area contributed by atoms with E-state index in [-0.39, 0.29) is 0 Å². The molecule has 0 aliphatic carbocycles. The van der Waals surface area contributed by atoms with Crippen molar-refractivity contribution in [2.45, 2.75) is 30.0 Å². The van der Waals surface area contributed by atoms with Crippen LogP contribution < -0.4 is 5.73 Å². The third-order valence-corrected chi connectivity index (χ3v) is 2.79. The SMILES string of the molecule is N[C@]12OC(=O)C(=O)OC1(O)O[C@H](CO)[C@H](O)[C@H]2O. The van der Waals surface area contributed by atoms with Crippen molar-refractivity contribution in [1.29, 1.82) is 0 Å². The number of carbonyl (C=O) groups is 2. The average molecular weight is 265 g/mol. The van der Waals surface area contributed by atoms with Crippen LogP contribution in [0.3, 0.4) is 0 Å². The van der Waals surface area contributed by atoms with Crippen LogP contribution in [0, 0.1) is 0 Å². The Labute approximate surface area is 99.5 Å². The van der Waals surface area contributed by atoms with Crippen LogP contribution in [0.1, 0.15) is 0 Å². The van der Waals surface area contributed by atoms with Crippen LogP contribution in [0.2, 0.25) is 0 Å². The van der Waals surface area contributed by atoms with Gasteiger partial charge in [0.1, 0.15) is 18.3 Å². The van der Waals surface area contributed by atoms with Crippen molar-refractivity contribution in [3.8, 4) is 0 Å². The van der Waals surface area contributed by atoms with E-state index in [4.69, 9.17) is 10.8 Å². The molecule has 0 amide bonds. The predicted molar refractivity (Wildman–Crippen MR) is 48.0 cm³/mol. The maximum absolute atomic E-state index is 11.0. The van der Waals surface area contributed by atoms with Crippen LogP contribution in [0.25, 0.3) is 0 Å². The molecule has 0 saturated carbocycles. The Kier molecular flexibility index (Phi) is 2.81. The average Bonchev–Trinajstić information content (AvgIpc) is 2.30. The lowest BCUT2D eigenvalue weighted by atomic mass is 9.91. The van der Waals surface area contributed by atoms with E-state index in [2.05, 4.69) is 14.2 Å². The summed E-state index contributed by atoms with van der Waals surface area (Å²) < 4.78 is 13.3. The smallest absolute Gasteiger partial charge is 0.421 e. The topological polar surface area (TPSA) is 169 Å². The molecule has 10 nitrogen and oxygen atoms in total. The quantitative estimate of drug-likeness (QED) is 0.230. The molecular weight excluding hydrogens is 254 g/mol. The molecule has 18 heavy (non-hydrogen) atoms. The molecule has 6 N–H and O–H groups in total. The highest BCUT2D eigenvalue weighted by Gasteiger charge is 2.71. The van der Waals surface area contributed by atoms with E-state index in [0.717, 1.165) is 0 Å². The third kappa shape index (κ3) is 1.51. The summed E-state index contributed by atoms with van der Waals surface area (Å²) in [6, 6.07) is 0. The molecule has 0 aromatic carbocycles. The summed E-state index contributed by atoms with van der Waals surface area (Å²) in [6.07, 6.45) is -5.28. The molecule has 0 radical (unpaired) electrons. The standard InChI is InChI=1S/C8H11NO9/c9-7-4(12)3(11)2(1-10)16-8(7,15)18-6(14)5(13)17-7/h2-4,10-12,15H,1,9H2/t2-,3+,4-,7-,8?/m1/s1. The van der Waals surface area contributed by atoms with E-state index in [1.165, 1.54) is 0 Å². The normalized spacial score (nSPS) is 48.2. The lowest BCUT2D eigenvalue weighted by molar-refractivity contribution is -0.473. The molecule has 2 aliphatic rings. The zero-order valence-corrected chi connectivity index (χ0v) is 8.85. The first-order valence-corrected chi connectivity index (χ1v) is 4.87. The summed E-state index contributed by atoms with van der Waals surface area (Å²) in [6.45, 7) is -0.803. The lowest BCUT2D eigenvalue weighted by Gasteiger charge is -2.52. The summed E-state index contributed by atoms with van der Waals surface area (Å²) in [7, 11) is 0. The van der Waals surface area contributed by atoms with Gasteiger partial charge in [-0.25, -0.2) is 9.59 Å². The van der Waals surface area contributed by atoms with Crippen LogP contribution in [-0.2, 0) is 23.8 Å². The highest BCUT2D eigenvalue weighted by Crippen LogP contribution is 2.39. The number of hydrogen-bond acceptors (Lipinski definition) is 10. The molecular formula is C8H11NO9. The largest absolute Gasteiger partial charge is 0.422 e. The fraction of sp³-hybridized carbons (Fsp3) is 0.750. The number of aliphatic hydroxyl groups is 4. The van der Waals surface area contributed by atoms with Crippen LogP contribution in [0.5, 0.6) is 0 Å². The van der Waals surface area contributed by atoms with Crippen molar-refractivity contribution >= 4 is 11.9 Å². The van der Waals surface area contributed by atoms with E-state index in [1.54, 1.807) is 0 Å². The van der Waals surface area contributed by atoms with Crippen molar-refractivity contribution in [3.05, 3.63) is 0 Å². The number of esters is 2. The maximum atomic E-state index is 11.0. The predicted octanol–water partition coefficient (Wildman–Crippen LogP) is -4.50. The van der Waals surface area contributed by atoms with E-state index < -0.39 is 48.6 Å². The van der Waals surface area contributed by atoms with Gasteiger partial charge in [-0.15, -0.1) is 0 Å². The number of aliphatic hydroxyl groups excluding tert-OH is 3. The fourth-order valence-corrected chi connectivity index (χ4v) is 1.75. The Bertz CT molecular complexity index is 400. The van der Waals surface area contributed by atoms with E-state index in [9.17, 15) is 24.9 Å². The Morgan fingerprint density at radius 2 is 1.78 bits per heavy atom. The van der Waals surface area contributed by atoms with Gasteiger partial charge in [-0.1, -0.05) is 0 Å². The Morgan fingerprint density at radius 1 is 1.22 bits per heavy atom. The van der Waals surface area contributed by atoms with Crippen LogP contribution in [0.4, 0.5) is 0 Å². The third-order valence-electron chi connectivity index (χ3n) is 2.79. The highest BCUT2D eigenvalue weighted by atomic mass is 16.9. The number of carbonyl (C=O) groups excluding carboxylic acids is 2. The van der Waals surface area contributed by atoms with Gasteiger partial charge in [-0.3, -0.25) is 5.73 Å². The van der Waals surface area contributed by atoms with Crippen molar-refractivity contribution in [3.63, 3.8) is 0 Å². The molecule has 2 fully saturated rings. The van der Waals surface area contributed by atoms with Crippen molar-refractivity contribution in [1.82, 2.24) is 0 Å². The molecule has 5 atom stereocenters. The fourth-order valence-electron chi connectivity index (χ4n) is 1.75. The zero-order chi connectivity index (χ0) is 13.7. The lowest BCUT2D eigenvalue weighted by Crippen LogP contribution is -2.81. The van der Waals surface area contributed by atoms with Gasteiger partial charge in [-0.2, -0.15) is 0 Å². The van der Waals surface area contributed by atoms with Gasteiger partial charge in [0.2, 0.25) is 0 Å². The molecule has 2 heterocycles. The summed E-state index contributed by atoms with van der Waals surface area (Å²) in [5.41, 5.74) is 2.72. The number of nitrogens with two attached hydrogens (primary N) is 1. The molecule has 0 spiro atoms. The van der Waals surface area contributed by atoms with Crippen LogP contribution in [-0.4, -0.2) is 69.0 Å². The molecule has 1 unspecified atom stereocenters. The second-order valence-electron chi connectivity index (χ2n) is 3.93. The maximum Gasteiger partial charge on any atom is 0.421 e. The summed E-state index contributed by atoms with van der Waals surface area (Å²) in [5, 5.41) is 38.0. The van der Waals surface area contributed by atoms with Gasteiger partial charge in [0, 0.05) is 0 Å². The van der Waals surface area contributed by atoms with E-state index in [0.29, 0.717) is 0 Å². The monoisotopic (exact) mass is 265 g/mol. The number of ether oxygens (including phenoxy) is 3. The van der Waals surface area contributed by atoms with Gasteiger partial charge >= 0.3 is 17.9 Å². The van der Waals surface area contributed by atoms with Crippen molar-refractivity contribution in [2.75, 3.05) is 6.61 Å². The van der Waals surface area contributed by atoms with Crippen molar-refractivity contribution < 1.29 is 44.2 Å². The van der Waals surface area contributed by atoms with E-state index in [1.807, 2.05) is 0 Å². The van der Waals surface area contributed by atoms with E-state index >= 15 is 0 Å². The zero-order valence-electron chi connectivity index (χ0n) is 8.85. The second kappa shape index (κ2) is 3.85. The van der Waals surface area contributed by atoms with Crippen molar-refractivity contribution in [2.24, 2.45) is 5.73 Å². The number of hydrogen-bond donors (Lipinski definition) is 5. The van der Waals surface area contributed by atoms with Gasteiger partial charge in [0.05, 0.1) is 6.61 Å². The highest BCUT2D eigenvalue weighted by molar-refractivity contribution is 6.30. The number of fused-ring (bicyclic) bond motifs is 1. The molecule has 0 bridgehead atoms. The van der Waals surface area contributed by atoms with Gasteiger partial charge in [0.15, 0.2) is 0 Å². The first-order chi connectivity index (χ1) is 8.25. The minimum Gasteiger partial charge on any atom is -0.422 e. The Morgan fingerprint density at radius 3 is 2.33 bits per heavy atom. The summed E-state index contributed by atoms with van der Waals surface area (Å²) >= 11 is 0. The van der Waals surface area contributed by atoms with Crippen LogP contribution in [0.15, 0.2) is 0 Å². The minimum absolute atomic E-state index is 0.803. The van der Waals surface area contributed by atoms with Crippen LogP contribution >= 0.6 is 0 Å². The number of rotatable bonds is 1. The van der Waals surface area contributed by atoms with Gasteiger partial charge < -0.3 is 34.6 Å².